The van der Waals surface area contributed by atoms with Crippen LogP contribution in [0.25, 0.3) is 0 Å². The number of hydrogen-bond donors (Lipinski definition) is 3. The summed E-state index contributed by atoms with van der Waals surface area (Å²) in [5.74, 6) is -3.18. The maximum Gasteiger partial charge on any atom is 0.330 e. The van der Waals surface area contributed by atoms with E-state index in [1.54, 1.807) is 0 Å². The topological polar surface area (TPSA) is 122 Å². The van der Waals surface area contributed by atoms with E-state index in [1.807, 2.05) is 37.3 Å². The van der Waals surface area contributed by atoms with Gasteiger partial charge >= 0.3 is 11.9 Å². The molecule has 0 bridgehead atoms. The summed E-state index contributed by atoms with van der Waals surface area (Å²) in [6.45, 7) is 2.69. The highest BCUT2D eigenvalue weighted by atomic mass is 31.2. The predicted molar refractivity (Wildman–Crippen MR) is 118 cm³/mol. The Morgan fingerprint density at radius 1 is 1.26 bits per heavy atom. The maximum absolute atomic E-state index is 13.0. The summed E-state index contributed by atoms with van der Waals surface area (Å²) in [6.07, 6.45) is 4.00. The Kier molecular flexibility index (Phi) is 10.4. The summed E-state index contributed by atoms with van der Waals surface area (Å²) >= 11 is 0. The molecular weight excluding hydrogens is 419 g/mol. The number of benzene rings is 1. The second kappa shape index (κ2) is 12.7. The largest absolute Gasteiger partial charge is 0.392 e. The minimum Gasteiger partial charge on any atom is -0.392 e. The standard InChI is InChI=1S/C22H33N2O6P/c1-2-3-5-12-19(25)24-20(14-13-17-9-6-4-7-10-17)31(28,29)16-21(26)30-22(27)18-11-8-15-23-18/h4,6-7,9-10,18,20,23H,2-3,5,8,11-16H2,1H3,(H,24,25)(H,28,29)/t18-,20?/m0/s1. The van der Waals surface area contributed by atoms with E-state index in [1.165, 1.54) is 0 Å². The highest BCUT2D eigenvalue weighted by molar-refractivity contribution is 7.59. The summed E-state index contributed by atoms with van der Waals surface area (Å²) in [5, 5.41) is 5.56. The van der Waals surface area contributed by atoms with E-state index in [-0.39, 0.29) is 18.7 Å². The fraction of sp³-hybridized carbons (Fsp3) is 0.591. The average molecular weight is 452 g/mol. The summed E-state index contributed by atoms with van der Waals surface area (Å²) < 4.78 is 17.8. The Bertz CT molecular complexity index is 779. The van der Waals surface area contributed by atoms with Crippen molar-refractivity contribution in [2.45, 2.75) is 70.1 Å². The van der Waals surface area contributed by atoms with Crippen LogP contribution in [0.4, 0.5) is 0 Å². The van der Waals surface area contributed by atoms with Gasteiger partial charge in [0, 0.05) is 6.42 Å². The first-order valence-electron chi connectivity index (χ1n) is 10.9. The number of esters is 2. The van der Waals surface area contributed by atoms with E-state index in [9.17, 15) is 23.8 Å². The van der Waals surface area contributed by atoms with Crippen molar-refractivity contribution in [1.29, 1.82) is 0 Å². The van der Waals surface area contributed by atoms with E-state index < -0.39 is 37.3 Å². The molecule has 2 unspecified atom stereocenters. The third kappa shape index (κ3) is 8.93. The van der Waals surface area contributed by atoms with Gasteiger partial charge in [-0.1, -0.05) is 50.1 Å². The number of amides is 1. The van der Waals surface area contributed by atoms with Crippen LogP contribution in [-0.2, 0) is 30.1 Å². The van der Waals surface area contributed by atoms with E-state index in [4.69, 9.17) is 4.74 Å². The summed E-state index contributed by atoms with van der Waals surface area (Å²) in [4.78, 5) is 47.1. The molecule has 0 saturated carbocycles. The molecule has 1 amide bonds. The molecule has 0 spiro atoms. The molecule has 31 heavy (non-hydrogen) atoms. The van der Waals surface area contributed by atoms with Gasteiger partial charge in [-0.3, -0.25) is 14.2 Å². The summed E-state index contributed by atoms with van der Waals surface area (Å²) in [7, 11) is -4.16. The van der Waals surface area contributed by atoms with Crippen molar-refractivity contribution in [3.63, 3.8) is 0 Å². The molecule has 2 rings (SSSR count). The molecule has 3 N–H and O–H groups in total. The third-order valence-corrected chi connectivity index (χ3v) is 7.36. The molecule has 9 heteroatoms. The van der Waals surface area contributed by atoms with Crippen LogP contribution in [-0.4, -0.2) is 47.3 Å². The fourth-order valence-electron chi connectivity index (χ4n) is 3.51. The molecule has 1 saturated heterocycles. The van der Waals surface area contributed by atoms with Crippen molar-refractivity contribution >= 4 is 25.2 Å². The van der Waals surface area contributed by atoms with Gasteiger partial charge < -0.3 is 20.3 Å². The molecule has 0 aliphatic carbocycles. The van der Waals surface area contributed by atoms with Crippen LogP contribution in [0.5, 0.6) is 0 Å². The maximum atomic E-state index is 13.0. The van der Waals surface area contributed by atoms with Crippen molar-refractivity contribution < 1.29 is 28.6 Å². The zero-order chi connectivity index (χ0) is 22.7. The van der Waals surface area contributed by atoms with Crippen molar-refractivity contribution in [3.8, 4) is 0 Å². The Morgan fingerprint density at radius 3 is 2.65 bits per heavy atom. The van der Waals surface area contributed by atoms with Gasteiger partial charge in [-0.25, -0.2) is 4.79 Å². The Balaban J connectivity index is 1.99. The lowest BCUT2D eigenvalue weighted by Gasteiger charge is -2.24. The lowest BCUT2D eigenvalue weighted by atomic mass is 10.1. The van der Waals surface area contributed by atoms with Crippen LogP contribution in [0, 0.1) is 0 Å². The second-order valence-corrected chi connectivity index (χ2v) is 10.4. The molecule has 1 aliphatic heterocycles. The first kappa shape index (κ1) is 25.2. The smallest absolute Gasteiger partial charge is 0.330 e. The van der Waals surface area contributed by atoms with E-state index in [0.717, 1.165) is 24.8 Å². The average Bonchev–Trinajstić information content (AvgIpc) is 3.26. The molecule has 8 nitrogen and oxygen atoms in total. The number of unbranched alkanes of at least 4 members (excludes halogenated alkanes) is 2. The van der Waals surface area contributed by atoms with Crippen molar-refractivity contribution in [2.75, 3.05) is 12.7 Å². The van der Waals surface area contributed by atoms with Gasteiger partial charge in [0.2, 0.25) is 13.3 Å². The number of carbonyl (C=O) groups excluding carboxylic acids is 3. The molecule has 0 radical (unpaired) electrons. The van der Waals surface area contributed by atoms with Gasteiger partial charge in [0.25, 0.3) is 0 Å². The zero-order valence-corrected chi connectivity index (χ0v) is 18.9. The van der Waals surface area contributed by atoms with Crippen molar-refractivity contribution in [2.24, 2.45) is 0 Å². The lowest BCUT2D eigenvalue weighted by Crippen LogP contribution is -2.38. The van der Waals surface area contributed by atoms with E-state index in [2.05, 4.69) is 10.6 Å². The van der Waals surface area contributed by atoms with Crippen molar-refractivity contribution in [1.82, 2.24) is 10.6 Å². The lowest BCUT2D eigenvalue weighted by molar-refractivity contribution is -0.159. The Labute approximate surface area is 183 Å². The molecule has 1 fully saturated rings. The summed E-state index contributed by atoms with van der Waals surface area (Å²) in [6, 6.07) is 8.83. The SMILES string of the molecule is CCCCCC(=O)NC(CCc1ccccc1)P(=O)(O)CC(=O)OC(=O)[C@@H]1CCCN1. The minimum atomic E-state index is -4.16. The fourth-order valence-corrected chi connectivity index (χ4v) is 5.05. The van der Waals surface area contributed by atoms with Gasteiger partial charge in [0.15, 0.2) is 0 Å². The first-order valence-corrected chi connectivity index (χ1v) is 12.9. The number of nitrogens with one attached hydrogen (secondary N) is 2. The number of hydrogen-bond acceptors (Lipinski definition) is 6. The molecule has 1 aromatic rings. The van der Waals surface area contributed by atoms with Crippen molar-refractivity contribution in [3.05, 3.63) is 35.9 Å². The number of carbonyl (C=O) groups is 3. The monoisotopic (exact) mass is 452 g/mol. The zero-order valence-electron chi connectivity index (χ0n) is 18.0. The molecule has 3 atom stereocenters. The van der Waals surface area contributed by atoms with Crippen LogP contribution in [0.1, 0.15) is 57.4 Å². The van der Waals surface area contributed by atoms with Gasteiger partial charge in [0.1, 0.15) is 18.0 Å². The number of aryl methyl sites for hydroxylation is 1. The van der Waals surface area contributed by atoms with E-state index in [0.29, 0.717) is 25.8 Å². The number of ether oxygens (including phenoxy) is 1. The van der Waals surface area contributed by atoms with Gasteiger partial charge in [-0.05, 0) is 44.2 Å². The Hall–Kier alpha value is -2.02. The number of rotatable bonds is 12. The van der Waals surface area contributed by atoms with Crippen LogP contribution in [0.2, 0.25) is 0 Å². The van der Waals surface area contributed by atoms with Gasteiger partial charge in [0.05, 0.1) is 0 Å². The minimum absolute atomic E-state index is 0.197. The van der Waals surface area contributed by atoms with E-state index >= 15 is 0 Å². The molecule has 172 valence electrons. The first-order chi connectivity index (χ1) is 14.8. The molecule has 0 aromatic heterocycles. The normalized spacial score (nSPS) is 18.7. The molecular formula is C22H33N2O6P. The molecule has 1 aliphatic rings. The van der Waals surface area contributed by atoms with Gasteiger partial charge in [-0.2, -0.15) is 0 Å². The third-order valence-electron chi connectivity index (χ3n) is 5.29. The van der Waals surface area contributed by atoms with Gasteiger partial charge in [-0.15, -0.1) is 0 Å². The van der Waals surface area contributed by atoms with Crippen LogP contribution in [0.3, 0.4) is 0 Å². The Morgan fingerprint density at radius 2 is 2.00 bits per heavy atom. The summed E-state index contributed by atoms with van der Waals surface area (Å²) in [5.41, 5.74) is 0.956. The highest BCUT2D eigenvalue weighted by Gasteiger charge is 2.36. The van der Waals surface area contributed by atoms with Crippen LogP contribution in [0.15, 0.2) is 30.3 Å². The molecule has 1 heterocycles. The predicted octanol–water partition coefficient (Wildman–Crippen LogP) is 2.73. The quantitative estimate of drug-likeness (QED) is 0.193. The van der Waals surface area contributed by atoms with Crippen LogP contribution >= 0.6 is 7.37 Å². The highest BCUT2D eigenvalue weighted by Crippen LogP contribution is 2.47. The second-order valence-electron chi connectivity index (χ2n) is 7.92. The van der Waals surface area contributed by atoms with Crippen LogP contribution < -0.4 is 10.6 Å². The molecule has 1 aromatic carbocycles.